The van der Waals surface area contributed by atoms with E-state index in [2.05, 4.69) is 25.5 Å². The van der Waals surface area contributed by atoms with Gasteiger partial charge in [0.15, 0.2) is 11.6 Å². The van der Waals surface area contributed by atoms with Gasteiger partial charge in [0, 0.05) is 36.6 Å². The maximum Gasteiger partial charge on any atom is 0.256 e. The van der Waals surface area contributed by atoms with Crippen LogP contribution in [0.2, 0.25) is 5.02 Å². The van der Waals surface area contributed by atoms with Crippen LogP contribution in [0.15, 0.2) is 36.7 Å². The first-order valence-electron chi connectivity index (χ1n) is 9.83. The fraction of sp³-hybridized carbons (Fsp3) is 0.333. The molecule has 0 atom stereocenters. The number of likely N-dealkylation sites (tertiary alicyclic amines) is 1. The van der Waals surface area contributed by atoms with E-state index in [1.165, 1.54) is 18.5 Å². The number of carbonyl (C=O) groups excluding carboxylic acids is 1. The monoisotopic (exact) mass is 428 g/mol. The van der Waals surface area contributed by atoms with Gasteiger partial charge in [-0.3, -0.25) is 9.89 Å². The van der Waals surface area contributed by atoms with Gasteiger partial charge in [0.2, 0.25) is 0 Å². The molecule has 1 aliphatic rings. The summed E-state index contributed by atoms with van der Waals surface area (Å²) < 4.78 is 14.2. The van der Waals surface area contributed by atoms with Gasteiger partial charge in [-0.15, -0.1) is 0 Å². The zero-order valence-electron chi connectivity index (χ0n) is 16.5. The van der Waals surface area contributed by atoms with Gasteiger partial charge in [0.1, 0.15) is 12.1 Å². The Morgan fingerprint density at radius 1 is 1.27 bits per heavy atom. The van der Waals surface area contributed by atoms with E-state index in [1.54, 1.807) is 11.0 Å². The highest BCUT2D eigenvalue weighted by atomic mass is 35.5. The van der Waals surface area contributed by atoms with Crippen molar-refractivity contribution in [2.24, 2.45) is 5.92 Å². The highest BCUT2D eigenvalue weighted by Gasteiger charge is 2.26. The van der Waals surface area contributed by atoms with Gasteiger partial charge in [-0.25, -0.2) is 14.4 Å². The number of hydrogen-bond acceptors (Lipinski definition) is 5. The summed E-state index contributed by atoms with van der Waals surface area (Å²) in [5, 5.41) is 10.2. The molecule has 7 nitrogen and oxygen atoms in total. The lowest BCUT2D eigenvalue weighted by Gasteiger charge is -2.32. The summed E-state index contributed by atoms with van der Waals surface area (Å²) in [4.78, 5) is 23.0. The van der Waals surface area contributed by atoms with Crippen molar-refractivity contribution in [1.29, 1.82) is 0 Å². The van der Waals surface area contributed by atoms with Gasteiger partial charge in [-0.05, 0) is 44.2 Å². The third-order valence-electron chi connectivity index (χ3n) is 5.27. The van der Waals surface area contributed by atoms with Crippen molar-refractivity contribution in [3.8, 4) is 0 Å². The quantitative estimate of drug-likeness (QED) is 0.637. The highest BCUT2D eigenvalue weighted by molar-refractivity contribution is 6.31. The molecule has 4 rings (SSSR count). The summed E-state index contributed by atoms with van der Waals surface area (Å²) in [5.74, 6) is 0.831. The average Bonchev–Trinajstić information content (AvgIpc) is 3.15. The van der Waals surface area contributed by atoms with Crippen LogP contribution in [0.1, 0.15) is 34.6 Å². The molecule has 0 bridgehead atoms. The van der Waals surface area contributed by atoms with Crippen LogP contribution in [-0.4, -0.2) is 44.1 Å². The second-order valence-corrected chi connectivity index (χ2v) is 7.90. The smallest absolute Gasteiger partial charge is 0.256 e. The number of rotatable bonds is 5. The minimum Gasteiger partial charge on any atom is -0.339 e. The maximum atomic E-state index is 14.2. The zero-order valence-corrected chi connectivity index (χ0v) is 17.3. The van der Waals surface area contributed by atoms with Crippen LogP contribution in [0.3, 0.4) is 0 Å². The molecule has 9 heteroatoms. The van der Waals surface area contributed by atoms with Crippen molar-refractivity contribution in [2.45, 2.75) is 26.2 Å². The molecule has 2 aromatic heterocycles. The third kappa shape index (κ3) is 4.59. The Morgan fingerprint density at radius 2 is 2.07 bits per heavy atom. The second kappa shape index (κ2) is 8.79. The fourth-order valence-electron chi connectivity index (χ4n) is 3.67. The molecule has 156 valence electrons. The van der Waals surface area contributed by atoms with Crippen LogP contribution in [-0.2, 0) is 6.42 Å². The maximum absolute atomic E-state index is 14.2. The van der Waals surface area contributed by atoms with Crippen molar-refractivity contribution >= 4 is 29.1 Å². The minimum atomic E-state index is -0.653. The molecule has 3 heterocycles. The molecule has 30 heavy (non-hydrogen) atoms. The Morgan fingerprint density at radius 3 is 2.80 bits per heavy atom. The van der Waals surface area contributed by atoms with Gasteiger partial charge in [-0.2, -0.15) is 5.10 Å². The van der Waals surface area contributed by atoms with Crippen molar-refractivity contribution in [1.82, 2.24) is 25.1 Å². The average molecular weight is 429 g/mol. The lowest BCUT2D eigenvalue weighted by atomic mass is 9.91. The molecule has 1 amide bonds. The second-order valence-electron chi connectivity index (χ2n) is 7.50. The number of aromatic amines is 1. The Kier molecular flexibility index (Phi) is 5.94. The number of hydrogen-bond donors (Lipinski definition) is 2. The van der Waals surface area contributed by atoms with E-state index < -0.39 is 5.82 Å². The standard InChI is InChI=1S/C21H22ClFN6O/c1-13-9-19(28-27-13)26-18-11-15(24-12-25-18)10-14-5-7-29(8-6-14)21(30)16-3-2-4-17(22)20(16)23/h2-4,9,11-12,14H,5-8,10H2,1H3,(H2,24,25,26,27,28). The zero-order chi connectivity index (χ0) is 21.1. The highest BCUT2D eigenvalue weighted by Crippen LogP contribution is 2.25. The summed E-state index contributed by atoms with van der Waals surface area (Å²) in [5.41, 5.74) is 1.93. The Balaban J connectivity index is 1.34. The molecule has 0 saturated carbocycles. The summed E-state index contributed by atoms with van der Waals surface area (Å²) in [6, 6.07) is 8.33. The predicted octanol–water partition coefficient (Wildman–Crippen LogP) is 4.14. The summed E-state index contributed by atoms with van der Waals surface area (Å²) >= 11 is 5.81. The number of aromatic nitrogens is 4. The first kappa shape index (κ1) is 20.3. The van der Waals surface area contributed by atoms with Crippen LogP contribution in [0.5, 0.6) is 0 Å². The number of halogens is 2. The van der Waals surface area contributed by atoms with Crippen molar-refractivity contribution in [3.63, 3.8) is 0 Å². The minimum absolute atomic E-state index is 0.0288. The van der Waals surface area contributed by atoms with Crippen LogP contribution in [0.4, 0.5) is 16.0 Å². The van der Waals surface area contributed by atoms with E-state index in [-0.39, 0.29) is 16.5 Å². The van der Waals surface area contributed by atoms with E-state index in [0.717, 1.165) is 30.7 Å². The predicted molar refractivity (Wildman–Crippen MR) is 112 cm³/mol. The topological polar surface area (TPSA) is 86.8 Å². The van der Waals surface area contributed by atoms with Gasteiger partial charge >= 0.3 is 0 Å². The van der Waals surface area contributed by atoms with E-state index >= 15 is 0 Å². The van der Waals surface area contributed by atoms with E-state index in [4.69, 9.17) is 11.6 Å². The number of nitrogens with one attached hydrogen (secondary N) is 2. The Bertz CT molecular complexity index is 1050. The van der Waals surface area contributed by atoms with Gasteiger partial charge in [0.05, 0.1) is 10.6 Å². The van der Waals surface area contributed by atoms with E-state index in [0.29, 0.717) is 30.6 Å². The molecule has 0 unspecified atom stereocenters. The number of piperidine rings is 1. The summed E-state index contributed by atoms with van der Waals surface area (Å²) in [6.07, 6.45) is 4.00. The first-order chi connectivity index (χ1) is 14.5. The fourth-order valence-corrected chi connectivity index (χ4v) is 3.84. The summed E-state index contributed by atoms with van der Waals surface area (Å²) in [6.45, 7) is 3.10. The molecule has 2 N–H and O–H groups in total. The molecule has 0 aliphatic carbocycles. The molecular formula is C21H22ClFN6O. The van der Waals surface area contributed by atoms with Gasteiger partial charge < -0.3 is 10.2 Å². The first-order valence-corrected chi connectivity index (χ1v) is 10.2. The summed E-state index contributed by atoms with van der Waals surface area (Å²) in [7, 11) is 0. The molecule has 3 aromatic rings. The van der Waals surface area contributed by atoms with Crippen LogP contribution < -0.4 is 5.32 Å². The molecule has 1 fully saturated rings. The molecule has 1 aliphatic heterocycles. The number of H-pyrrole nitrogens is 1. The van der Waals surface area contributed by atoms with E-state index in [9.17, 15) is 9.18 Å². The molecule has 0 radical (unpaired) electrons. The Labute approximate surface area is 178 Å². The largest absolute Gasteiger partial charge is 0.339 e. The van der Waals surface area contributed by atoms with Crippen LogP contribution >= 0.6 is 11.6 Å². The lowest BCUT2D eigenvalue weighted by molar-refractivity contribution is 0.0685. The number of benzene rings is 1. The molecule has 1 aromatic carbocycles. The SMILES string of the molecule is Cc1cc(Nc2cc(CC3CCN(C(=O)c4cccc(Cl)c4F)CC3)ncn2)n[nH]1. The third-order valence-corrected chi connectivity index (χ3v) is 5.56. The van der Waals surface area contributed by atoms with Gasteiger partial charge in [0.25, 0.3) is 5.91 Å². The lowest BCUT2D eigenvalue weighted by Crippen LogP contribution is -2.39. The number of carbonyl (C=O) groups is 1. The van der Waals surface area contributed by atoms with Crippen LogP contribution in [0, 0.1) is 18.7 Å². The molecule has 0 spiro atoms. The van der Waals surface area contributed by atoms with Crippen molar-refractivity contribution in [3.05, 3.63) is 64.5 Å². The number of amides is 1. The number of anilines is 2. The molecular weight excluding hydrogens is 407 g/mol. The van der Waals surface area contributed by atoms with Crippen molar-refractivity contribution < 1.29 is 9.18 Å². The number of aryl methyl sites for hydroxylation is 1. The normalized spacial score (nSPS) is 14.7. The Hall–Kier alpha value is -3.00. The van der Waals surface area contributed by atoms with Crippen LogP contribution in [0.25, 0.3) is 0 Å². The number of nitrogens with zero attached hydrogens (tertiary/aromatic N) is 4. The van der Waals surface area contributed by atoms with E-state index in [1.807, 2.05) is 19.1 Å². The van der Waals surface area contributed by atoms with Crippen molar-refractivity contribution in [2.75, 3.05) is 18.4 Å². The molecule has 1 saturated heterocycles. The van der Waals surface area contributed by atoms with Gasteiger partial charge in [-0.1, -0.05) is 17.7 Å².